The molecular weight excluding hydrogens is 324 g/mol. The van der Waals surface area contributed by atoms with Gasteiger partial charge in [0.1, 0.15) is 5.56 Å². The lowest BCUT2D eigenvalue weighted by molar-refractivity contribution is -0.119. The second-order valence-electron chi connectivity index (χ2n) is 4.86. The first-order valence-electron chi connectivity index (χ1n) is 7.27. The minimum Gasteiger partial charge on any atom is -0.493 e. The number of hydrogen-bond acceptors (Lipinski definition) is 6. The third-order valence-corrected chi connectivity index (χ3v) is 3.23. The zero-order valence-electron chi connectivity index (χ0n) is 13.7. The number of nitrogens with one attached hydrogen (secondary N) is 1. The molecule has 0 spiro atoms. The Morgan fingerprint density at radius 3 is 2.56 bits per heavy atom. The van der Waals surface area contributed by atoms with Crippen molar-refractivity contribution in [1.82, 2.24) is 0 Å². The Morgan fingerprint density at radius 2 is 1.88 bits per heavy atom. The summed E-state index contributed by atoms with van der Waals surface area (Å²) in [5, 5.41) is 11.4. The summed E-state index contributed by atoms with van der Waals surface area (Å²) in [5.74, 6) is -0.617. The summed E-state index contributed by atoms with van der Waals surface area (Å²) in [5.41, 5.74) is 1.01. The van der Waals surface area contributed by atoms with E-state index in [0.29, 0.717) is 17.0 Å². The first-order chi connectivity index (χ1) is 12.1. The lowest BCUT2D eigenvalue weighted by atomic mass is 10.2. The Balaban J connectivity index is 2.00. The summed E-state index contributed by atoms with van der Waals surface area (Å²) >= 11 is 0. The van der Waals surface area contributed by atoms with Gasteiger partial charge in [-0.1, -0.05) is 12.1 Å². The normalized spacial score (nSPS) is 9.64. The molecule has 25 heavy (non-hydrogen) atoms. The fourth-order valence-corrected chi connectivity index (χ4v) is 2.12. The number of benzene rings is 2. The standard InChI is InChI=1S/C18H16N2O5/c1-23-15-8-4-7-14(17(15)24-2)18(22)25-11-16(21)20-13-6-3-5-12(9-13)10-19/h3-9H,11H2,1-2H3,(H,20,21). The molecule has 2 aromatic carbocycles. The van der Waals surface area contributed by atoms with Gasteiger partial charge in [0.15, 0.2) is 18.1 Å². The van der Waals surface area contributed by atoms with Crippen molar-refractivity contribution < 1.29 is 23.8 Å². The number of esters is 1. The lowest BCUT2D eigenvalue weighted by Crippen LogP contribution is -2.21. The SMILES string of the molecule is COc1cccc(C(=O)OCC(=O)Nc2cccc(C#N)c2)c1OC. The Kier molecular flexibility index (Phi) is 5.96. The summed E-state index contributed by atoms with van der Waals surface area (Å²) < 4.78 is 15.3. The van der Waals surface area contributed by atoms with Crippen LogP contribution in [0.3, 0.4) is 0 Å². The van der Waals surface area contributed by atoms with Crippen molar-refractivity contribution in [3.8, 4) is 17.6 Å². The molecule has 0 bridgehead atoms. The molecular formula is C18H16N2O5. The molecule has 0 unspecified atom stereocenters. The largest absolute Gasteiger partial charge is 0.493 e. The number of rotatable bonds is 6. The summed E-state index contributed by atoms with van der Waals surface area (Å²) in [6.07, 6.45) is 0. The van der Waals surface area contributed by atoms with Crippen molar-refractivity contribution in [2.75, 3.05) is 26.1 Å². The van der Waals surface area contributed by atoms with Gasteiger partial charge in [-0.05, 0) is 30.3 Å². The van der Waals surface area contributed by atoms with Crippen molar-refractivity contribution >= 4 is 17.6 Å². The molecule has 1 N–H and O–H groups in total. The van der Waals surface area contributed by atoms with E-state index in [2.05, 4.69) is 5.32 Å². The molecule has 7 nitrogen and oxygen atoms in total. The van der Waals surface area contributed by atoms with Crippen LogP contribution in [-0.2, 0) is 9.53 Å². The van der Waals surface area contributed by atoms with Crippen molar-refractivity contribution in [3.63, 3.8) is 0 Å². The van der Waals surface area contributed by atoms with Crippen molar-refractivity contribution in [2.45, 2.75) is 0 Å². The van der Waals surface area contributed by atoms with E-state index in [0.717, 1.165) is 0 Å². The molecule has 128 valence electrons. The maximum Gasteiger partial charge on any atom is 0.342 e. The summed E-state index contributed by atoms with van der Waals surface area (Å²) in [6.45, 7) is -0.476. The van der Waals surface area contributed by atoms with Gasteiger partial charge in [0.2, 0.25) is 0 Å². The van der Waals surface area contributed by atoms with Crippen LogP contribution in [0.15, 0.2) is 42.5 Å². The first kappa shape index (κ1) is 17.8. The minimum absolute atomic E-state index is 0.154. The molecule has 0 saturated carbocycles. The zero-order valence-corrected chi connectivity index (χ0v) is 13.7. The fourth-order valence-electron chi connectivity index (χ4n) is 2.12. The van der Waals surface area contributed by atoms with Crippen LogP contribution < -0.4 is 14.8 Å². The summed E-state index contributed by atoms with van der Waals surface area (Å²) in [7, 11) is 2.86. The Hall–Kier alpha value is -3.53. The number of carbonyl (C=O) groups is 2. The highest BCUT2D eigenvalue weighted by molar-refractivity contribution is 5.97. The molecule has 0 atom stereocenters. The molecule has 0 radical (unpaired) electrons. The molecule has 0 aromatic heterocycles. The van der Waals surface area contributed by atoms with Crippen LogP contribution in [0.1, 0.15) is 15.9 Å². The van der Waals surface area contributed by atoms with E-state index < -0.39 is 18.5 Å². The number of ether oxygens (including phenoxy) is 3. The average molecular weight is 340 g/mol. The fraction of sp³-hybridized carbons (Fsp3) is 0.167. The van der Waals surface area contributed by atoms with Crippen molar-refractivity contribution in [2.24, 2.45) is 0 Å². The number of nitriles is 1. The number of para-hydroxylation sites is 1. The molecule has 2 aromatic rings. The Bertz CT molecular complexity index is 826. The summed E-state index contributed by atoms with van der Waals surface area (Å²) in [6, 6.07) is 13.2. The molecule has 1 amide bonds. The quantitative estimate of drug-likeness (QED) is 0.811. The number of amides is 1. The molecule has 0 heterocycles. The summed E-state index contributed by atoms with van der Waals surface area (Å²) in [4.78, 5) is 24.1. The van der Waals surface area contributed by atoms with Gasteiger partial charge in [-0.3, -0.25) is 4.79 Å². The van der Waals surface area contributed by atoms with E-state index in [9.17, 15) is 9.59 Å². The maximum absolute atomic E-state index is 12.2. The highest BCUT2D eigenvalue weighted by atomic mass is 16.5. The smallest absolute Gasteiger partial charge is 0.342 e. The predicted octanol–water partition coefficient (Wildman–Crippen LogP) is 2.37. The van der Waals surface area contributed by atoms with E-state index in [-0.39, 0.29) is 11.3 Å². The Labute approximate surface area is 144 Å². The molecule has 0 aliphatic carbocycles. The number of anilines is 1. The Morgan fingerprint density at radius 1 is 1.12 bits per heavy atom. The average Bonchev–Trinajstić information content (AvgIpc) is 2.65. The monoisotopic (exact) mass is 340 g/mol. The first-order valence-corrected chi connectivity index (χ1v) is 7.27. The van der Waals surface area contributed by atoms with Crippen LogP contribution in [0.2, 0.25) is 0 Å². The second kappa shape index (κ2) is 8.36. The number of nitrogens with zero attached hydrogens (tertiary/aromatic N) is 1. The van der Waals surface area contributed by atoms with Gasteiger partial charge in [0, 0.05) is 5.69 Å². The molecule has 2 rings (SSSR count). The van der Waals surface area contributed by atoms with Gasteiger partial charge in [-0.25, -0.2) is 4.79 Å². The van der Waals surface area contributed by atoms with Gasteiger partial charge in [0.05, 0.1) is 25.9 Å². The third kappa shape index (κ3) is 4.48. The van der Waals surface area contributed by atoms with E-state index in [1.165, 1.54) is 26.4 Å². The van der Waals surface area contributed by atoms with Crippen LogP contribution in [-0.4, -0.2) is 32.7 Å². The molecule has 0 aliphatic heterocycles. The molecule has 0 saturated heterocycles. The lowest BCUT2D eigenvalue weighted by Gasteiger charge is -2.12. The van der Waals surface area contributed by atoms with Crippen LogP contribution in [0.4, 0.5) is 5.69 Å². The zero-order chi connectivity index (χ0) is 18.2. The van der Waals surface area contributed by atoms with Gasteiger partial charge in [-0.15, -0.1) is 0 Å². The predicted molar refractivity (Wildman–Crippen MR) is 89.6 cm³/mol. The third-order valence-electron chi connectivity index (χ3n) is 3.23. The van der Waals surface area contributed by atoms with Gasteiger partial charge in [-0.2, -0.15) is 5.26 Å². The number of methoxy groups -OCH3 is 2. The van der Waals surface area contributed by atoms with Gasteiger partial charge >= 0.3 is 5.97 Å². The van der Waals surface area contributed by atoms with E-state index >= 15 is 0 Å². The van der Waals surface area contributed by atoms with Crippen LogP contribution in [0.25, 0.3) is 0 Å². The van der Waals surface area contributed by atoms with E-state index in [1.54, 1.807) is 30.3 Å². The number of carbonyl (C=O) groups excluding carboxylic acids is 2. The van der Waals surface area contributed by atoms with Crippen LogP contribution in [0.5, 0.6) is 11.5 Å². The van der Waals surface area contributed by atoms with Crippen LogP contribution >= 0.6 is 0 Å². The van der Waals surface area contributed by atoms with E-state index in [4.69, 9.17) is 19.5 Å². The van der Waals surface area contributed by atoms with Gasteiger partial charge in [0.25, 0.3) is 5.91 Å². The molecule has 0 fully saturated rings. The molecule has 0 aliphatic rings. The highest BCUT2D eigenvalue weighted by Crippen LogP contribution is 2.31. The van der Waals surface area contributed by atoms with Crippen LogP contribution in [0, 0.1) is 11.3 Å². The maximum atomic E-state index is 12.2. The highest BCUT2D eigenvalue weighted by Gasteiger charge is 2.18. The van der Waals surface area contributed by atoms with E-state index in [1.807, 2.05) is 6.07 Å². The molecule has 7 heteroatoms. The second-order valence-corrected chi connectivity index (χ2v) is 4.86. The van der Waals surface area contributed by atoms with Crippen molar-refractivity contribution in [1.29, 1.82) is 5.26 Å². The minimum atomic E-state index is -0.711. The topological polar surface area (TPSA) is 97.6 Å². The van der Waals surface area contributed by atoms with Crippen molar-refractivity contribution in [3.05, 3.63) is 53.6 Å². The van der Waals surface area contributed by atoms with Gasteiger partial charge < -0.3 is 19.5 Å². The number of hydrogen-bond donors (Lipinski definition) is 1.